The highest BCUT2D eigenvalue weighted by Crippen LogP contribution is 2.28. The van der Waals surface area contributed by atoms with Crippen molar-refractivity contribution < 1.29 is 26.3 Å². The molecule has 0 bridgehead atoms. The van der Waals surface area contributed by atoms with Crippen LogP contribution in [0.2, 0.25) is 0 Å². The molecule has 0 amide bonds. The molecule has 11 aromatic rings. The number of benzene rings is 8. The number of pyridine rings is 2. The van der Waals surface area contributed by atoms with Gasteiger partial charge in [0.15, 0.2) is 0 Å². The van der Waals surface area contributed by atoms with Crippen molar-refractivity contribution in [2.75, 3.05) is 0 Å². The number of rotatable bonds is 0. The van der Waals surface area contributed by atoms with Crippen LogP contribution in [0.3, 0.4) is 0 Å². The third-order valence-corrected chi connectivity index (χ3v) is 12.3. The van der Waals surface area contributed by atoms with Crippen LogP contribution in [0.1, 0.15) is 78.4 Å². The zero-order valence-electron chi connectivity index (χ0n) is 47.1. The summed E-state index contributed by atoms with van der Waals surface area (Å²) in [5.41, 5.74) is 11.8. The Kier molecular flexibility index (Phi) is 21.9. The van der Waals surface area contributed by atoms with Crippen molar-refractivity contribution in [3.05, 3.63) is 272 Å². The van der Waals surface area contributed by atoms with Gasteiger partial charge in [-0.05, 0) is 182 Å². The van der Waals surface area contributed by atoms with Gasteiger partial charge in [0.1, 0.15) is 40.7 Å². The highest BCUT2D eigenvalue weighted by atomic mass is 19.2. The van der Waals surface area contributed by atoms with E-state index in [4.69, 9.17) is 0 Å². The fraction of sp³-hybridized carbons (Fsp3) is 0.206. The Labute approximate surface area is 456 Å². The van der Waals surface area contributed by atoms with Crippen LogP contribution < -0.4 is 0 Å². The van der Waals surface area contributed by atoms with Crippen molar-refractivity contribution in [1.29, 1.82) is 0 Å². The molecule has 0 saturated carbocycles. The number of halogens is 6. The minimum absolute atomic E-state index is 0.0846. The summed E-state index contributed by atoms with van der Waals surface area (Å²) in [6.07, 6.45) is 7.36. The third-order valence-electron chi connectivity index (χ3n) is 12.3. The average Bonchev–Trinajstić information content (AvgIpc) is 3.43. The topological polar surface area (TPSA) is 51.6 Å². The van der Waals surface area contributed by atoms with E-state index in [1.807, 2.05) is 129 Å². The van der Waals surface area contributed by atoms with Crippen LogP contribution in [0.4, 0.5) is 26.3 Å². The highest BCUT2D eigenvalue weighted by molar-refractivity contribution is 5.87. The van der Waals surface area contributed by atoms with Crippen molar-refractivity contribution in [3.63, 3.8) is 0 Å². The quantitative estimate of drug-likeness (QED) is 0.142. The van der Waals surface area contributed by atoms with Gasteiger partial charge in [0, 0.05) is 58.1 Å². The van der Waals surface area contributed by atoms with Gasteiger partial charge in [-0.1, -0.05) is 125 Å². The number of fused-ring (bicyclic) bond motifs is 4. The maximum absolute atomic E-state index is 13.6. The largest absolute Gasteiger partial charge is 0.261 e. The first-order chi connectivity index (χ1) is 36.9. The second-order valence-corrected chi connectivity index (χ2v) is 19.7. The standard InChI is InChI=1S/C12H9F3.C12H10F2.C12H11F.C12H12.2C7H9N.C6H8N2/c1-6-3-8-5-9(13)7(2)12(15)11(8)10(14)4-6;1-7-3-4-10-9(5-7)6-11(13)8(2)12(10)14;1-8-3-6-11-10(7-8)5-4-9(2)12(11)13;1-9-3-5-12-8-10(2)4-6-11(12)7-9;2*1-6-3-4-7(2)8-5-6;1-5-3-7-6(2)8-4-5/h3-5H,1-2H3;3-6H,1-2H3;3-7H,1-2H3;3-8H,1-2H3;2*3-5H,1-2H3;3-4H,1-2H3. The Hall–Kier alpha value is -8.24. The fourth-order valence-electron chi connectivity index (χ4n) is 7.75. The first kappa shape index (κ1) is 60.6. The molecular formula is C68H68F6N4. The highest BCUT2D eigenvalue weighted by Gasteiger charge is 2.14. The average molecular weight is 1060 g/mol. The molecule has 11 rings (SSSR count). The van der Waals surface area contributed by atoms with Gasteiger partial charge in [-0.25, -0.2) is 36.3 Å². The van der Waals surface area contributed by atoms with Crippen LogP contribution >= 0.6 is 0 Å². The van der Waals surface area contributed by atoms with Crippen molar-refractivity contribution in [1.82, 2.24) is 19.9 Å². The second-order valence-electron chi connectivity index (χ2n) is 19.7. The zero-order valence-corrected chi connectivity index (χ0v) is 47.1. The molecule has 0 unspecified atom stereocenters. The van der Waals surface area contributed by atoms with Crippen LogP contribution in [-0.2, 0) is 0 Å². The molecule has 78 heavy (non-hydrogen) atoms. The van der Waals surface area contributed by atoms with Gasteiger partial charge in [0.05, 0.1) is 5.39 Å². The van der Waals surface area contributed by atoms with E-state index in [0.29, 0.717) is 27.3 Å². The Bertz CT molecular complexity index is 3570. The number of nitrogens with zero attached hydrogens (tertiary/aromatic N) is 4. The third kappa shape index (κ3) is 17.7. The molecule has 4 nitrogen and oxygen atoms in total. The molecule has 0 atom stereocenters. The van der Waals surface area contributed by atoms with Gasteiger partial charge >= 0.3 is 0 Å². The van der Waals surface area contributed by atoms with Crippen molar-refractivity contribution in [2.45, 2.75) is 96.9 Å². The Morgan fingerprint density at radius 2 is 0.654 bits per heavy atom. The van der Waals surface area contributed by atoms with Crippen molar-refractivity contribution >= 4 is 43.1 Å². The SMILES string of the molecule is Cc1cc(F)c2c(F)c(C)c(F)cc2c1.Cc1ccc(C)nc1.Cc1ccc(C)nc1.Cc1ccc2c(F)c(C)c(F)cc2c1.Cc1ccc2c(F)c(C)ccc2c1.Cc1ccc2cc(C)ccc2c1.Cc1cnc(C)nc1. The second kappa shape index (κ2) is 28.2. The van der Waals surface area contributed by atoms with Gasteiger partial charge in [0.2, 0.25) is 0 Å². The summed E-state index contributed by atoms with van der Waals surface area (Å²) in [7, 11) is 0. The van der Waals surface area contributed by atoms with Crippen LogP contribution in [0, 0.1) is 132 Å². The lowest BCUT2D eigenvalue weighted by Gasteiger charge is -2.06. The summed E-state index contributed by atoms with van der Waals surface area (Å²) >= 11 is 0. The van der Waals surface area contributed by atoms with E-state index in [2.05, 4.69) is 82.3 Å². The lowest BCUT2D eigenvalue weighted by Crippen LogP contribution is -1.94. The van der Waals surface area contributed by atoms with Crippen molar-refractivity contribution in [2.24, 2.45) is 0 Å². The first-order valence-electron chi connectivity index (χ1n) is 25.5. The molecular weight excluding hydrogens is 987 g/mol. The van der Waals surface area contributed by atoms with E-state index >= 15 is 0 Å². The van der Waals surface area contributed by atoms with Crippen LogP contribution in [0.5, 0.6) is 0 Å². The Balaban J connectivity index is 0.000000170. The van der Waals surface area contributed by atoms with E-state index in [0.717, 1.165) is 45.4 Å². The maximum Gasteiger partial charge on any atom is 0.139 e. The van der Waals surface area contributed by atoms with Gasteiger partial charge < -0.3 is 0 Å². The minimum Gasteiger partial charge on any atom is -0.261 e. The lowest BCUT2D eigenvalue weighted by atomic mass is 10.0. The summed E-state index contributed by atoms with van der Waals surface area (Å²) in [5, 5.41) is 5.57. The molecule has 0 aliphatic heterocycles. The summed E-state index contributed by atoms with van der Waals surface area (Å²) in [4.78, 5) is 16.1. The fourth-order valence-corrected chi connectivity index (χ4v) is 7.75. The normalized spacial score (nSPS) is 10.3. The number of aromatic nitrogens is 4. The molecule has 0 radical (unpaired) electrons. The summed E-state index contributed by atoms with van der Waals surface area (Å²) in [6.45, 7) is 26.3. The molecule has 0 spiro atoms. The number of aryl methyl sites for hydroxylation is 12. The van der Waals surface area contributed by atoms with Crippen molar-refractivity contribution in [3.8, 4) is 0 Å². The molecule has 0 fully saturated rings. The predicted molar refractivity (Wildman–Crippen MR) is 312 cm³/mol. The Morgan fingerprint density at radius 1 is 0.269 bits per heavy atom. The lowest BCUT2D eigenvalue weighted by molar-refractivity contribution is 0.568. The molecule has 10 heteroatoms. The van der Waals surface area contributed by atoms with Crippen LogP contribution in [-0.4, -0.2) is 19.9 Å². The molecule has 0 aliphatic carbocycles. The summed E-state index contributed by atoms with van der Waals surface area (Å²) in [5.74, 6) is -2.33. The number of hydrogen-bond acceptors (Lipinski definition) is 4. The smallest absolute Gasteiger partial charge is 0.139 e. The molecule has 8 aromatic carbocycles. The van der Waals surface area contributed by atoms with E-state index in [1.165, 1.54) is 59.0 Å². The van der Waals surface area contributed by atoms with Gasteiger partial charge in [-0.3, -0.25) is 9.97 Å². The predicted octanol–water partition coefficient (Wildman–Crippen LogP) is 19.2. The van der Waals surface area contributed by atoms with Gasteiger partial charge in [-0.2, -0.15) is 0 Å². The number of hydrogen-bond donors (Lipinski definition) is 0. The Morgan fingerprint density at radius 3 is 1.12 bits per heavy atom. The van der Waals surface area contributed by atoms with E-state index in [9.17, 15) is 26.3 Å². The van der Waals surface area contributed by atoms with E-state index < -0.39 is 29.1 Å². The first-order valence-corrected chi connectivity index (χ1v) is 25.5. The van der Waals surface area contributed by atoms with Gasteiger partial charge in [0.25, 0.3) is 0 Å². The molecule has 0 saturated heterocycles. The molecule has 0 aliphatic rings. The van der Waals surface area contributed by atoms with Crippen LogP contribution in [0.25, 0.3) is 43.1 Å². The molecule has 0 N–H and O–H groups in total. The molecule has 402 valence electrons. The summed E-state index contributed by atoms with van der Waals surface area (Å²) in [6, 6.07) is 41.4. The van der Waals surface area contributed by atoms with E-state index in [-0.39, 0.29) is 27.7 Å². The monoisotopic (exact) mass is 1050 g/mol. The van der Waals surface area contributed by atoms with Gasteiger partial charge in [-0.15, -0.1) is 0 Å². The molecule has 3 heterocycles. The molecule has 3 aromatic heterocycles. The minimum atomic E-state index is -0.817. The summed E-state index contributed by atoms with van der Waals surface area (Å²) < 4.78 is 80.5. The zero-order chi connectivity index (χ0) is 57.4. The maximum atomic E-state index is 13.6. The van der Waals surface area contributed by atoms with Crippen LogP contribution in [0.15, 0.2) is 158 Å². The van der Waals surface area contributed by atoms with E-state index in [1.54, 1.807) is 32.0 Å².